The SMILES string of the molecule is N#Cc1cc2c(nc1SCC(=O)N1CCN(c3ccccc3F)CC1)CCCC2. The molecule has 150 valence electrons. The second-order valence-electron chi connectivity index (χ2n) is 7.37. The summed E-state index contributed by atoms with van der Waals surface area (Å²) in [5.74, 6) is 0.0668. The number of thioether (sulfide) groups is 1. The molecule has 1 amide bonds. The molecule has 0 saturated carbocycles. The summed E-state index contributed by atoms with van der Waals surface area (Å²) >= 11 is 1.35. The second-order valence-corrected chi connectivity index (χ2v) is 8.34. The fourth-order valence-electron chi connectivity index (χ4n) is 3.93. The Hall–Kier alpha value is -2.59. The van der Waals surface area contributed by atoms with Crippen LogP contribution in [0.3, 0.4) is 0 Å². The zero-order valence-corrected chi connectivity index (χ0v) is 17.1. The van der Waals surface area contributed by atoms with Gasteiger partial charge in [-0.1, -0.05) is 23.9 Å². The molecular formula is C22H23FN4OS. The first-order valence-corrected chi connectivity index (χ1v) is 11.0. The maximum Gasteiger partial charge on any atom is 0.233 e. The lowest BCUT2D eigenvalue weighted by Crippen LogP contribution is -2.49. The summed E-state index contributed by atoms with van der Waals surface area (Å²) in [7, 11) is 0. The number of amides is 1. The van der Waals surface area contributed by atoms with Crippen LogP contribution >= 0.6 is 11.8 Å². The molecule has 2 aromatic rings. The van der Waals surface area contributed by atoms with E-state index in [-0.39, 0.29) is 17.5 Å². The number of aryl methyl sites for hydroxylation is 2. The molecule has 1 aromatic carbocycles. The van der Waals surface area contributed by atoms with Gasteiger partial charge in [-0.05, 0) is 49.4 Å². The van der Waals surface area contributed by atoms with Gasteiger partial charge in [-0.15, -0.1) is 0 Å². The maximum absolute atomic E-state index is 14.0. The fourth-order valence-corrected chi connectivity index (χ4v) is 4.81. The van der Waals surface area contributed by atoms with E-state index < -0.39 is 0 Å². The molecule has 1 aliphatic carbocycles. The van der Waals surface area contributed by atoms with E-state index in [4.69, 9.17) is 0 Å². The first kappa shape index (κ1) is 19.7. The number of carbonyl (C=O) groups is 1. The van der Waals surface area contributed by atoms with Crippen molar-refractivity contribution in [2.24, 2.45) is 0 Å². The Balaban J connectivity index is 1.35. The summed E-state index contributed by atoms with van der Waals surface area (Å²) in [6.45, 7) is 2.35. The summed E-state index contributed by atoms with van der Waals surface area (Å²) in [6.07, 6.45) is 4.19. The van der Waals surface area contributed by atoms with Gasteiger partial charge in [-0.3, -0.25) is 4.79 Å². The third-order valence-corrected chi connectivity index (χ3v) is 6.52. The predicted molar refractivity (Wildman–Crippen MR) is 112 cm³/mol. The lowest BCUT2D eigenvalue weighted by Gasteiger charge is -2.36. The van der Waals surface area contributed by atoms with Crippen LogP contribution in [0.4, 0.5) is 10.1 Å². The zero-order chi connectivity index (χ0) is 20.2. The molecule has 2 aliphatic rings. The Kier molecular flexibility index (Phi) is 6.00. The lowest BCUT2D eigenvalue weighted by molar-refractivity contribution is -0.128. The normalized spacial score (nSPS) is 16.3. The molecule has 7 heteroatoms. The van der Waals surface area contributed by atoms with Gasteiger partial charge in [0.2, 0.25) is 5.91 Å². The van der Waals surface area contributed by atoms with Crippen molar-refractivity contribution in [2.75, 3.05) is 36.8 Å². The molecule has 0 N–H and O–H groups in total. The summed E-state index contributed by atoms with van der Waals surface area (Å²) < 4.78 is 14.0. The third kappa shape index (κ3) is 4.38. The number of anilines is 1. The van der Waals surface area contributed by atoms with Crippen molar-refractivity contribution in [3.05, 3.63) is 53.0 Å². The molecule has 29 heavy (non-hydrogen) atoms. The molecule has 2 heterocycles. The quantitative estimate of drug-likeness (QED) is 0.723. The van der Waals surface area contributed by atoms with E-state index in [1.165, 1.54) is 23.4 Å². The molecule has 5 nitrogen and oxygen atoms in total. The summed E-state index contributed by atoms with van der Waals surface area (Å²) in [5.41, 5.74) is 3.40. The molecule has 0 atom stereocenters. The number of carbonyl (C=O) groups excluding carboxylic acids is 1. The van der Waals surface area contributed by atoms with Crippen molar-refractivity contribution < 1.29 is 9.18 Å². The van der Waals surface area contributed by atoms with E-state index in [0.717, 1.165) is 31.4 Å². The molecule has 0 spiro atoms. The molecule has 1 aromatic heterocycles. The minimum atomic E-state index is -0.231. The van der Waals surface area contributed by atoms with Gasteiger partial charge >= 0.3 is 0 Å². The Labute approximate surface area is 174 Å². The standard InChI is InChI=1S/C22H23FN4OS/c23-18-6-2-4-8-20(18)26-9-11-27(12-10-26)21(28)15-29-22-17(14-24)13-16-5-1-3-7-19(16)25-22/h2,4,6,8,13H,1,3,5,7,9-12,15H2. The Morgan fingerprint density at radius 2 is 1.93 bits per heavy atom. The largest absolute Gasteiger partial charge is 0.366 e. The van der Waals surface area contributed by atoms with Gasteiger partial charge in [-0.2, -0.15) is 5.26 Å². The van der Waals surface area contributed by atoms with Gasteiger partial charge in [-0.25, -0.2) is 9.37 Å². The molecule has 1 saturated heterocycles. The predicted octanol–water partition coefficient (Wildman–Crippen LogP) is 3.41. The molecule has 4 rings (SSSR count). The molecule has 0 radical (unpaired) electrons. The van der Waals surface area contributed by atoms with Crippen LogP contribution in [0.25, 0.3) is 0 Å². The fraction of sp³-hybridized carbons (Fsp3) is 0.409. The van der Waals surface area contributed by atoms with Crippen molar-refractivity contribution >= 4 is 23.4 Å². The van der Waals surface area contributed by atoms with E-state index in [0.29, 0.717) is 42.5 Å². The first-order chi connectivity index (χ1) is 14.2. The molecular weight excluding hydrogens is 387 g/mol. The number of aromatic nitrogens is 1. The van der Waals surface area contributed by atoms with Gasteiger partial charge < -0.3 is 9.80 Å². The minimum absolute atomic E-state index is 0.0339. The molecule has 1 fully saturated rings. The minimum Gasteiger partial charge on any atom is -0.366 e. The monoisotopic (exact) mass is 410 g/mol. The average molecular weight is 411 g/mol. The van der Waals surface area contributed by atoms with E-state index >= 15 is 0 Å². The van der Waals surface area contributed by atoms with Crippen LogP contribution in [-0.4, -0.2) is 47.7 Å². The highest BCUT2D eigenvalue weighted by Gasteiger charge is 2.23. The Morgan fingerprint density at radius 3 is 2.69 bits per heavy atom. The second kappa shape index (κ2) is 8.83. The highest BCUT2D eigenvalue weighted by atomic mass is 32.2. The summed E-state index contributed by atoms with van der Waals surface area (Å²) in [4.78, 5) is 21.1. The lowest BCUT2D eigenvalue weighted by atomic mass is 9.95. The topological polar surface area (TPSA) is 60.2 Å². The van der Waals surface area contributed by atoms with Gasteiger partial charge in [0.15, 0.2) is 0 Å². The third-order valence-electron chi connectivity index (χ3n) is 5.54. The van der Waals surface area contributed by atoms with Crippen LogP contribution in [0.2, 0.25) is 0 Å². The van der Waals surface area contributed by atoms with Crippen LogP contribution in [-0.2, 0) is 17.6 Å². The van der Waals surface area contributed by atoms with Gasteiger partial charge in [0.1, 0.15) is 16.9 Å². The molecule has 1 aliphatic heterocycles. The number of pyridine rings is 1. The van der Waals surface area contributed by atoms with E-state index in [1.807, 2.05) is 21.9 Å². The highest BCUT2D eigenvalue weighted by molar-refractivity contribution is 8.00. The molecule has 0 unspecified atom stereocenters. The van der Waals surface area contributed by atoms with Crippen molar-refractivity contribution in [1.29, 1.82) is 5.26 Å². The van der Waals surface area contributed by atoms with Crippen molar-refractivity contribution in [1.82, 2.24) is 9.88 Å². The van der Waals surface area contributed by atoms with Crippen molar-refractivity contribution in [3.8, 4) is 6.07 Å². The van der Waals surface area contributed by atoms with Gasteiger partial charge in [0.25, 0.3) is 0 Å². The summed E-state index contributed by atoms with van der Waals surface area (Å²) in [5, 5.41) is 10.1. The molecule has 0 bridgehead atoms. The van der Waals surface area contributed by atoms with E-state index in [2.05, 4.69) is 11.1 Å². The van der Waals surface area contributed by atoms with Crippen LogP contribution < -0.4 is 4.90 Å². The number of hydrogen-bond acceptors (Lipinski definition) is 5. The summed E-state index contributed by atoms with van der Waals surface area (Å²) in [6, 6.07) is 10.9. The Bertz CT molecular complexity index is 950. The number of hydrogen-bond donors (Lipinski definition) is 0. The van der Waals surface area contributed by atoms with Gasteiger partial charge in [0, 0.05) is 31.9 Å². The Morgan fingerprint density at radius 1 is 1.17 bits per heavy atom. The number of nitrogens with zero attached hydrogens (tertiary/aromatic N) is 4. The number of piperazine rings is 1. The van der Waals surface area contributed by atoms with Crippen molar-refractivity contribution in [3.63, 3.8) is 0 Å². The van der Waals surface area contributed by atoms with E-state index in [9.17, 15) is 14.4 Å². The zero-order valence-electron chi connectivity index (χ0n) is 16.2. The van der Waals surface area contributed by atoms with Crippen molar-refractivity contribution in [2.45, 2.75) is 30.7 Å². The number of benzene rings is 1. The number of halogens is 1. The highest BCUT2D eigenvalue weighted by Crippen LogP contribution is 2.28. The van der Waals surface area contributed by atoms with Crippen LogP contribution in [0.15, 0.2) is 35.4 Å². The number of nitriles is 1. The number of para-hydroxylation sites is 1. The van der Waals surface area contributed by atoms with Crippen LogP contribution in [0.5, 0.6) is 0 Å². The van der Waals surface area contributed by atoms with E-state index in [1.54, 1.807) is 12.1 Å². The van der Waals surface area contributed by atoms with Crippen LogP contribution in [0, 0.1) is 17.1 Å². The maximum atomic E-state index is 14.0. The first-order valence-electron chi connectivity index (χ1n) is 9.98. The smallest absolute Gasteiger partial charge is 0.233 e. The average Bonchev–Trinajstić information content (AvgIpc) is 2.77. The van der Waals surface area contributed by atoms with Crippen LogP contribution in [0.1, 0.15) is 29.7 Å². The van der Waals surface area contributed by atoms with Gasteiger partial charge in [0.05, 0.1) is 17.0 Å². The number of rotatable bonds is 4. The number of fused-ring (bicyclic) bond motifs is 1.